The number of rotatable bonds is 4. The van der Waals surface area contributed by atoms with Crippen molar-refractivity contribution in [2.75, 3.05) is 5.32 Å². The molecule has 2 aromatic carbocycles. The van der Waals surface area contributed by atoms with Crippen LogP contribution in [0.15, 0.2) is 54.6 Å². The lowest BCUT2D eigenvalue weighted by Crippen LogP contribution is -2.49. The minimum atomic E-state index is 0.243. The van der Waals surface area contributed by atoms with Crippen molar-refractivity contribution in [1.82, 2.24) is 0 Å². The van der Waals surface area contributed by atoms with Crippen LogP contribution in [0.2, 0.25) is 0 Å². The summed E-state index contributed by atoms with van der Waals surface area (Å²) in [6.07, 6.45) is 7.45. The lowest BCUT2D eigenvalue weighted by molar-refractivity contribution is -0.132. The first-order chi connectivity index (χ1) is 12.8. The van der Waals surface area contributed by atoms with Crippen molar-refractivity contribution in [2.45, 2.75) is 38.5 Å². The van der Waals surface area contributed by atoms with Gasteiger partial charge in [-0.15, -0.1) is 0 Å². The van der Waals surface area contributed by atoms with Crippen molar-refractivity contribution in [3.05, 3.63) is 65.7 Å². The van der Waals surface area contributed by atoms with Crippen molar-refractivity contribution in [2.24, 2.45) is 29.6 Å². The molecule has 2 heteroatoms. The fourth-order valence-corrected chi connectivity index (χ4v) is 6.18. The number of carbonyl (C=O) groups is 1. The van der Waals surface area contributed by atoms with Crippen molar-refractivity contribution < 1.29 is 4.79 Å². The Kier molecular flexibility index (Phi) is 4.07. The minimum Gasteiger partial charge on any atom is -0.326 e. The van der Waals surface area contributed by atoms with E-state index in [0.29, 0.717) is 11.8 Å². The van der Waals surface area contributed by atoms with E-state index in [2.05, 4.69) is 47.8 Å². The third-order valence-corrected chi connectivity index (χ3v) is 7.04. The predicted molar refractivity (Wildman–Crippen MR) is 105 cm³/mol. The summed E-state index contributed by atoms with van der Waals surface area (Å²) in [5.74, 6) is 3.60. The van der Waals surface area contributed by atoms with Crippen LogP contribution in [0.5, 0.6) is 0 Å². The normalized spacial score (nSPS) is 31.8. The van der Waals surface area contributed by atoms with Crippen LogP contribution in [0.1, 0.15) is 43.2 Å². The number of anilines is 1. The molecule has 4 aliphatic carbocycles. The number of carbonyl (C=O) groups excluding carboxylic acids is 1. The fraction of sp³-hybridized carbons (Fsp3) is 0.458. The second kappa shape index (κ2) is 6.57. The van der Waals surface area contributed by atoms with Crippen LogP contribution in [-0.2, 0) is 11.2 Å². The number of benzene rings is 2. The van der Waals surface area contributed by atoms with E-state index in [4.69, 9.17) is 0 Å². The summed E-state index contributed by atoms with van der Waals surface area (Å²) in [4.78, 5) is 13.2. The molecule has 1 N–H and O–H groups in total. The zero-order valence-corrected chi connectivity index (χ0v) is 15.2. The van der Waals surface area contributed by atoms with Crippen LogP contribution < -0.4 is 5.32 Å². The molecule has 26 heavy (non-hydrogen) atoms. The van der Waals surface area contributed by atoms with E-state index in [-0.39, 0.29) is 11.8 Å². The highest BCUT2D eigenvalue weighted by atomic mass is 16.1. The molecular weight excluding hydrogens is 318 g/mol. The highest BCUT2D eigenvalue weighted by Gasteiger charge is 2.50. The van der Waals surface area contributed by atoms with Gasteiger partial charge in [-0.3, -0.25) is 4.79 Å². The van der Waals surface area contributed by atoms with Crippen LogP contribution in [0, 0.1) is 29.6 Å². The molecule has 134 valence electrons. The van der Waals surface area contributed by atoms with E-state index in [0.717, 1.165) is 23.9 Å². The number of hydrogen-bond acceptors (Lipinski definition) is 1. The van der Waals surface area contributed by atoms with Crippen molar-refractivity contribution in [1.29, 1.82) is 0 Å². The van der Waals surface area contributed by atoms with Gasteiger partial charge in [0.1, 0.15) is 0 Å². The summed E-state index contributed by atoms with van der Waals surface area (Å²) in [6, 6.07) is 18.8. The SMILES string of the molecule is O=C(Nc1ccccc1Cc1ccccc1)C1C2CC3CC(C2)CC1C3. The van der Waals surface area contributed by atoms with Crippen LogP contribution in [0.3, 0.4) is 0 Å². The Hall–Kier alpha value is -2.09. The van der Waals surface area contributed by atoms with Gasteiger partial charge in [0.2, 0.25) is 5.91 Å². The van der Waals surface area contributed by atoms with Crippen molar-refractivity contribution in [3.8, 4) is 0 Å². The largest absolute Gasteiger partial charge is 0.326 e. The molecule has 4 bridgehead atoms. The molecule has 1 amide bonds. The van der Waals surface area contributed by atoms with Gasteiger partial charge < -0.3 is 5.32 Å². The zero-order chi connectivity index (χ0) is 17.5. The van der Waals surface area contributed by atoms with Crippen LogP contribution in [0.4, 0.5) is 5.69 Å². The highest BCUT2D eigenvalue weighted by molar-refractivity contribution is 5.94. The predicted octanol–water partition coefficient (Wildman–Crippen LogP) is 5.29. The standard InChI is InChI=1S/C24H27NO/c26-24(23-20-12-17-10-18(14-20)15-21(23)13-17)25-22-9-5-4-8-19(22)11-16-6-2-1-3-7-16/h1-9,17-18,20-21,23H,10-15H2,(H,25,26). The Morgan fingerprint density at radius 2 is 1.42 bits per heavy atom. The quantitative estimate of drug-likeness (QED) is 0.801. The Balaban J connectivity index is 1.34. The molecule has 2 nitrogen and oxygen atoms in total. The van der Waals surface area contributed by atoms with Crippen LogP contribution in [0.25, 0.3) is 0 Å². The Bertz CT molecular complexity index is 769. The fourth-order valence-electron chi connectivity index (χ4n) is 6.18. The van der Waals surface area contributed by atoms with Gasteiger partial charge in [0.15, 0.2) is 0 Å². The Labute approximate surface area is 156 Å². The molecule has 0 aliphatic heterocycles. The van der Waals surface area contributed by atoms with Gasteiger partial charge in [-0.1, -0.05) is 48.5 Å². The summed E-state index contributed by atoms with van der Waals surface area (Å²) in [5.41, 5.74) is 3.48. The molecule has 0 radical (unpaired) electrons. The van der Waals surface area contributed by atoms with E-state index in [1.54, 1.807) is 0 Å². The van der Waals surface area contributed by atoms with Gasteiger partial charge in [0.25, 0.3) is 0 Å². The monoisotopic (exact) mass is 345 g/mol. The number of nitrogens with one attached hydrogen (secondary N) is 1. The topological polar surface area (TPSA) is 29.1 Å². The summed E-state index contributed by atoms with van der Waals surface area (Å²) in [7, 11) is 0. The average Bonchev–Trinajstić information content (AvgIpc) is 2.63. The lowest BCUT2D eigenvalue weighted by Gasteiger charge is -2.53. The van der Waals surface area contributed by atoms with Crippen molar-refractivity contribution in [3.63, 3.8) is 0 Å². The second-order valence-corrected chi connectivity index (χ2v) is 8.77. The molecule has 4 saturated carbocycles. The first-order valence-electron chi connectivity index (χ1n) is 10.2. The van der Waals surface area contributed by atoms with Gasteiger partial charge in [0.05, 0.1) is 0 Å². The second-order valence-electron chi connectivity index (χ2n) is 8.77. The Morgan fingerprint density at radius 3 is 2.12 bits per heavy atom. The maximum atomic E-state index is 13.2. The highest BCUT2D eigenvalue weighted by Crippen LogP contribution is 2.56. The first-order valence-corrected chi connectivity index (χ1v) is 10.2. The van der Waals surface area contributed by atoms with E-state index >= 15 is 0 Å². The van der Waals surface area contributed by atoms with Crippen molar-refractivity contribution >= 4 is 11.6 Å². The van der Waals surface area contributed by atoms with Gasteiger partial charge in [-0.05, 0) is 79.4 Å². The van der Waals surface area contributed by atoms with Gasteiger partial charge in [0, 0.05) is 11.6 Å². The smallest absolute Gasteiger partial charge is 0.228 e. The average molecular weight is 345 g/mol. The molecule has 0 aromatic heterocycles. The summed E-state index contributed by atoms with van der Waals surface area (Å²) in [6.45, 7) is 0. The molecule has 0 atom stereocenters. The molecule has 0 spiro atoms. The minimum absolute atomic E-state index is 0.243. The third kappa shape index (κ3) is 2.96. The van der Waals surface area contributed by atoms with Gasteiger partial charge >= 0.3 is 0 Å². The number of amides is 1. The maximum Gasteiger partial charge on any atom is 0.228 e. The van der Waals surface area contributed by atoms with Gasteiger partial charge in [-0.2, -0.15) is 0 Å². The molecule has 0 unspecified atom stereocenters. The molecule has 4 fully saturated rings. The van der Waals surface area contributed by atoms with E-state index in [1.807, 2.05) is 12.1 Å². The molecule has 2 aromatic rings. The summed E-state index contributed by atoms with van der Waals surface area (Å²) >= 11 is 0. The molecule has 6 rings (SSSR count). The molecular formula is C24H27NO. The summed E-state index contributed by atoms with van der Waals surface area (Å²) in [5, 5.41) is 3.32. The summed E-state index contributed by atoms with van der Waals surface area (Å²) < 4.78 is 0. The third-order valence-electron chi connectivity index (χ3n) is 7.04. The van der Waals surface area contributed by atoms with Crippen LogP contribution in [-0.4, -0.2) is 5.91 Å². The maximum absolute atomic E-state index is 13.2. The first kappa shape index (κ1) is 16.1. The number of hydrogen-bond donors (Lipinski definition) is 1. The number of para-hydroxylation sites is 1. The zero-order valence-electron chi connectivity index (χ0n) is 15.2. The van der Waals surface area contributed by atoms with E-state index in [9.17, 15) is 4.79 Å². The van der Waals surface area contributed by atoms with Gasteiger partial charge in [-0.25, -0.2) is 0 Å². The Morgan fingerprint density at radius 1 is 0.808 bits per heavy atom. The molecule has 0 saturated heterocycles. The van der Waals surface area contributed by atoms with Crippen LogP contribution >= 0.6 is 0 Å². The van der Waals surface area contributed by atoms with E-state index in [1.165, 1.54) is 43.2 Å². The molecule has 0 heterocycles. The van der Waals surface area contributed by atoms with E-state index < -0.39 is 0 Å². The molecule has 4 aliphatic rings. The lowest BCUT2D eigenvalue weighted by atomic mass is 9.51.